The topological polar surface area (TPSA) is 91.8 Å². The van der Waals surface area contributed by atoms with E-state index in [0.717, 1.165) is 0 Å². The molecule has 2 aliphatic rings. The van der Waals surface area contributed by atoms with Crippen molar-refractivity contribution >= 4 is 21.7 Å². The van der Waals surface area contributed by atoms with Crippen LogP contribution in [-0.4, -0.2) is 54.9 Å². The zero-order valence-corrected chi connectivity index (χ0v) is 11.1. The lowest BCUT2D eigenvalue weighted by Crippen LogP contribution is -2.42. The Bertz CT molecular complexity index is 470. The third-order valence-electron chi connectivity index (χ3n) is 4.21. The lowest BCUT2D eigenvalue weighted by atomic mass is 9.73. The lowest BCUT2D eigenvalue weighted by Gasteiger charge is -2.35. The maximum atomic E-state index is 11.5. The zero-order chi connectivity index (χ0) is 13.6. The summed E-state index contributed by atoms with van der Waals surface area (Å²) in [4.78, 5) is 24.2. The first-order valence-electron chi connectivity index (χ1n) is 5.94. The summed E-state index contributed by atoms with van der Waals surface area (Å²) in [5.74, 6) is -1.66. The van der Waals surface area contributed by atoms with Crippen molar-refractivity contribution in [1.82, 2.24) is 4.90 Å². The Balaban J connectivity index is 2.25. The van der Waals surface area contributed by atoms with Gasteiger partial charge in [-0.15, -0.1) is 0 Å². The van der Waals surface area contributed by atoms with Gasteiger partial charge in [-0.1, -0.05) is 0 Å². The molecule has 1 spiro atoms. The van der Waals surface area contributed by atoms with Crippen LogP contribution in [0.1, 0.15) is 19.8 Å². The Morgan fingerprint density at radius 2 is 1.83 bits per heavy atom. The van der Waals surface area contributed by atoms with Gasteiger partial charge in [0.25, 0.3) is 0 Å². The summed E-state index contributed by atoms with van der Waals surface area (Å²) < 4.78 is 22.9. The molecule has 1 N–H and O–H groups in total. The number of carbonyl (C=O) groups excluding carboxylic acids is 1. The van der Waals surface area contributed by atoms with E-state index in [-0.39, 0.29) is 24.0 Å². The first-order chi connectivity index (χ1) is 8.26. The van der Waals surface area contributed by atoms with Crippen LogP contribution in [0.3, 0.4) is 0 Å². The molecule has 0 aliphatic carbocycles. The summed E-state index contributed by atoms with van der Waals surface area (Å²) in [7, 11) is -3.03. The Hall–Kier alpha value is -1.11. The molecule has 2 rings (SSSR count). The lowest BCUT2D eigenvalue weighted by molar-refractivity contribution is -0.145. The van der Waals surface area contributed by atoms with Gasteiger partial charge >= 0.3 is 5.97 Å². The van der Waals surface area contributed by atoms with Crippen LogP contribution < -0.4 is 0 Å². The van der Waals surface area contributed by atoms with Gasteiger partial charge in [-0.05, 0) is 12.8 Å². The molecule has 1 unspecified atom stereocenters. The molecular formula is C11H17NO5S. The molecule has 0 aromatic rings. The smallest absolute Gasteiger partial charge is 0.308 e. The van der Waals surface area contributed by atoms with Gasteiger partial charge in [-0.2, -0.15) is 0 Å². The van der Waals surface area contributed by atoms with Crippen LogP contribution in [0, 0.1) is 11.3 Å². The molecule has 0 aromatic heterocycles. The number of hydrogen-bond donors (Lipinski definition) is 1. The van der Waals surface area contributed by atoms with Crippen LogP contribution in [0.2, 0.25) is 0 Å². The largest absolute Gasteiger partial charge is 0.481 e. The summed E-state index contributed by atoms with van der Waals surface area (Å²) in [5, 5.41) is 9.27. The number of rotatable bonds is 1. The fraction of sp³-hybridized carbons (Fsp3) is 0.818. The number of carboxylic acid groups (broad SMARTS) is 1. The van der Waals surface area contributed by atoms with Crippen LogP contribution in [-0.2, 0) is 19.4 Å². The third kappa shape index (κ3) is 2.23. The van der Waals surface area contributed by atoms with Crippen molar-refractivity contribution in [3.63, 3.8) is 0 Å². The second-order valence-corrected chi connectivity index (χ2v) is 7.61. The fourth-order valence-corrected chi connectivity index (χ4v) is 4.64. The van der Waals surface area contributed by atoms with Crippen LogP contribution >= 0.6 is 0 Å². The van der Waals surface area contributed by atoms with Crippen molar-refractivity contribution in [2.24, 2.45) is 11.3 Å². The molecule has 7 heteroatoms. The summed E-state index contributed by atoms with van der Waals surface area (Å²) >= 11 is 0. The summed E-state index contributed by atoms with van der Waals surface area (Å²) in [6.45, 7) is 1.98. The summed E-state index contributed by atoms with van der Waals surface area (Å²) in [6, 6.07) is 0. The second-order valence-electron chi connectivity index (χ2n) is 5.30. The minimum Gasteiger partial charge on any atom is -0.481 e. The number of carbonyl (C=O) groups is 2. The van der Waals surface area contributed by atoms with E-state index in [1.165, 1.54) is 11.8 Å². The van der Waals surface area contributed by atoms with E-state index in [1.54, 1.807) is 0 Å². The molecule has 18 heavy (non-hydrogen) atoms. The van der Waals surface area contributed by atoms with Gasteiger partial charge in [0.05, 0.1) is 17.4 Å². The monoisotopic (exact) mass is 275 g/mol. The van der Waals surface area contributed by atoms with Crippen LogP contribution in [0.15, 0.2) is 0 Å². The molecule has 2 saturated heterocycles. The molecule has 102 valence electrons. The van der Waals surface area contributed by atoms with Crippen LogP contribution in [0.4, 0.5) is 0 Å². The van der Waals surface area contributed by atoms with E-state index in [0.29, 0.717) is 19.4 Å². The average molecular weight is 275 g/mol. The van der Waals surface area contributed by atoms with Crippen molar-refractivity contribution < 1.29 is 23.1 Å². The highest BCUT2D eigenvalue weighted by atomic mass is 32.2. The third-order valence-corrected chi connectivity index (χ3v) is 5.87. The van der Waals surface area contributed by atoms with Gasteiger partial charge in [-0.25, -0.2) is 8.42 Å². The quantitative estimate of drug-likeness (QED) is 0.712. The minimum atomic E-state index is -3.03. The SMILES string of the molecule is CC(=O)N1CC(C(=O)O)C2(CCS(=O)(=O)CC2)C1. The number of aliphatic carboxylic acids is 1. The van der Waals surface area contributed by atoms with Crippen molar-refractivity contribution in [3.05, 3.63) is 0 Å². The van der Waals surface area contributed by atoms with Gasteiger partial charge < -0.3 is 10.0 Å². The van der Waals surface area contributed by atoms with Crippen molar-refractivity contribution in [2.45, 2.75) is 19.8 Å². The highest BCUT2D eigenvalue weighted by Gasteiger charge is 2.52. The molecule has 0 saturated carbocycles. The van der Waals surface area contributed by atoms with E-state index < -0.39 is 27.1 Å². The molecule has 1 atom stereocenters. The maximum absolute atomic E-state index is 11.5. The molecule has 1 amide bonds. The number of nitrogens with zero attached hydrogens (tertiary/aromatic N) is 1. The Kier molecular flexibility index (Phi) is 3.12. The predicted octanol–water partition coefficient (Wildman–Crippen LogP) is -0.256. The Labute approximate surface area is 106 Å². The van der Waals surface area contributed by atoms with Gasteiger partial charge in [0, 0.05) is 25.4 Å². The Morgan fingerprint density at radius 3 is 2.28 bits per heavy atom. The number of carboxylic acids is 1. The van der Waals surface area contributed by atoms with Gasteiger partial charge in [-0.3, -0.25) is 9.59 Å². The van der Waals surface area contributed by atoms with Crippen molar-refractivity contribution in [2.75, 3.05) is 24.6 Å². The molecule has 6 nitrogen and oxygen atoms in total. The van der Waals surface area contributed by atoms with Crippen molar-refractivity contribution in [3.8, 4) is 0 Å². The summed E-state index contributed by atoms with van der Waals surface area (Å²) in [5.41, 5.74) is -0.553. The van der Waals surface area contributed by atoms with Crippen LogP contribution in [0.25, 0.3) is 0 Å². The molecule has 2 aliphatic heterocycles. The second kappa shape index (κ2) is 4.22. The van der Waals surface area contributed by atoms with E-state index >= 15 is 0 Å². The molecule has 0 bridgehead atoms. The van der Waals surface area contributed by atoms with E-state index in [2.05, 4.69) is 0 Å². The van der Waals surface area contributed by atoms with E-state index in [9.17, 15) is 23.1 Å². The van der Waals surface area contributed by atoms with Gasteiger partial charge in [0.1, 0.15) is 9.84 Å². The van der Waals surface area contributed by atoms with Crippen LogP contribution in [0.5, 0.6) is 0 Å². The average Bonchev–Trinajstić information content (AvgIpc) is 2.63. The normalized spacial score (nSPS) is 29.4. The standard InChI is InChI=1S/C11H17NO5S/c1-8(13)12-6-9(10(14)15)11(7-12)2-4-18(16,17)5-3-11/h9H,2-7H2,1H3,(H,14,15). The number of hydrogen-bond acceptors (Lipinski definition) is 4. The predicted molar refractivity (Wildman–Crippen MR) is 63.7 cm³/mol. The highest BCUT2D eigenvalue weighted by Crippen LogP contribution is 2.45. The molecule has 0 aromatic carbocycles. The molecular weight excluding hydrogens is 258 g/mol. The number of sulfone groups is 1. The maximum Gasteiger partial charge on any atom is 0.308 e. The van der Waals surface area contributed by atoms with Gasteiger partial charge in [0.15, 0.2) is 0 Å². The van der Waals surface area contributed by atoms with E-state index in [1.807, 2.05) is 0 Å². The molecule has 0 radical (unpaired) electrons. The first kappa shape index (κ1) is 13.3. The first-order valence-corrected chi connectivity index (χ1v) is 7.77. The minimum absolute atomic E-state index is 0.0303. The molecule has 2 heterocycles. The summed E-state index contributed by atoms with van der Waals surface area (Å²) in [6.07, 6.45) is 0.687. The van der Waals surface area contributed by atoms with Crippen molar-refractivity contribution in [1.29, 1.82) is 0 Å². The number of amides is 1. The number of likely N-dealkylation sites (tertiary alicyclic amines) is 1. The van der Waals surface area contributed by atoms with Gasteiger partial charge in [0.2, 0.25) is 5.91 Å². The Morgan fingerprint density at radius 1 is 1.28 bits per heavy atom. The van der Waals surface area contributed by atoms with E-state index in [4.69, 9.17) is 0 Å². The zero-order valence-electron chi connectivity index (χ0n) is 10.3. The fourth-order valence-electron chi connectivity index (χ4n) is 3.00. The highest BCUT2D eigenvalue weighted by molar-refractivity contribution is 7.91. The molecule has 2 fully saturated rings.